The summed E-state index contributed by atoms with van der Waals surface area (Å²) in [4.78, 5) is 48.5. The molecule has 0 saturated carbocycles. The predicted octanol–water partition coefficient (Wildman–Crippen LogP) is 2.95. The molecule has 0 aliphatic heterocycles. The summed E-state index contributed by atoms with van der Waals surface area (Å²) in [5.74, 6) is -0.694. The Balaban J connectivity index is 1.48. The first kappa shape index (κ1) is 23.5. The number of hydrogen-bond donors (Lipinski definition) is 2. The Morgan fingerprint density at radius 3 is 2.39 bits per heavy atom. The van der Waals surface area contributed by atoms with Gasteiger partial charge in [-0.25, -0.2) is 15.4 Å². The fourth-order valence-electron chi connectivity index (χ4n) is 3.79. The molecule has 11 heteroatoms. The Bertz CT molecular complexity index is 1830. The molecule has 2 heterocycles. The van der Waals surface area contributed by atoms with Gasteiger partial charge in [-0.1, -0.05) is 60.1 Å². The maximum Gasteiger partial charge on any atom is 0.281 e. The van der Waals surface area contributed by atoms with Gasteiger partial charge in [-0.2, -0.15) is 9.20 Å². The van der Waals surface area contributed by atoms with Crippen LogP contribution in [0.3, 0.4) is 0 Å². The molecule has 0 spiro atoms. The summed E-state index contributed by atoms with van der Waals surface area (Å²) in [6, 6.07) is 20.6. The zero-order valence-corrected chi connectivity index (χ0v) is 20.1. The van der Waals surface area contributed by atoms with Gasteiger partial charge in [-0.3, -0.25) is 19.8 Å². The van der Waals surface area contributed by atoms with Gasteiger partial charge in [-0.15, -0.1) is 0 Å². The van der Waals surface area contributed by atoms with E-state index < -0.39 is 17.0 Å². The average molecular weight is 517 g/mol. The Labute approximate surface area is 213 Å². The maximum atomic E-state index is 13.4. The minimum absolute atomic E-state index is 0.0447. The van der Waals surface area contributed by atoms with Crippen LogP contribution in [-0.4, -0.2) is 38.0 Å². The lowest BCUT2D eigenvalue weighted by Crippen LogP contribution is -2.45. The van der Waals surface area contributed by atoms with Gasteiger partial charge in [-0.05, 0) is 36.5 Å². The number of halogens is 1. The van der Waals surface area contributed by atoms with Gasteiger partial charge >= 0.3 is 0 Å². The van der Waals surface area contributed by atoms with Crippen LogP contribution in [0.4, 0.5) is 0 Å². The number of thiocarbonyl (C=S) groups is 1. The second kappa shape index (κ2) is 9.78. The fourth-order valence-corrected chi connectivity index (χ4v) is 4.10. The molecule has 0 unspecified atom stereocenters. The topological polar surface area (TPSA) is 110 Å². The molecule has 5 aromatic rings. The monoisotopic (exact) mass is 516 g/mol. The van der Waals surface area contributed by atoms with Crippen LogP contribution in [-0.2, 0) is 0 Å². The van der Waals surface area contributed by atoms with Gasteiger partial charge in [0.2, 0.25) is 5.11 Å². The molecular formula is C25H17ClN6O3S. The number of carbonyl (C=O) groups excluding carboxylic acids is 1. The summed E-state index contributed by atoms with van der Waals surface area (Å²) in [6.45, 7) is -0.367. The van der Waals surface area contributed by atoms with Crippen molar-refractivity contribution in [2.75, 3.05) is 6.54 Å². The number of carbonyl (C=O) groups is 1. The molecule has 0 radical (unpaired) electrons. The van der Waals surface area contributed by atoms with Crippen LogP contribution < -0.4 is 22.0 Å². The standard InChI is InChI=1S/C25H17ClN6O3S/c26-19-11-5-1-7-15(19)13-27-25(36)30-28-14-21(33)31-23(34)17-9-3-2-8-16(17)22-29-20-12-6-4-10-18(20)24(35)32(22)31/h1-13,28H,14H2,(H,30,36)/b27-13+. The van der Waals surface area contributed by atoms with Crippen molar-refractivity contribution in [3.8, 4) is 0 Å². The largest absolute Gasteiger partial charge is 0.296 e. The van der Waals surface area contributed by atoms with E-state index in [1.165, 1.54) is 6.21 Å². The van der Waals surface area contributed by atoms with Crippen molar-refractivity contribution in [1.29, 1.82) is 0 Å². The lowest BCUT2D eigenvalue weighted by Gasteiger charge is -2.14. The third-order valence-electron chi connectivity index (χ3n) is 5.44. The number of benzene rings is 3. The second-order valence-corrected chi connectivity index (χ2v) is 8.48. The first-order valence-electron chi connectivity index (χ1n) is 10.8. The summed E-state index contributed by atoms with van der Waals surface area (Å²) in [7, 11) is 0. The molecule has 0 fully saturated rings. The molecule has 2 aromatic heterocycles. The van der Waals surface area contributed by atoms with E-state index in [1.807, 2.05) is 6.07 Å². The third kappa shape index (κ3) is 4.29. The summed E-state index contributed by atoms with van der Waals surface area (Å²) < 4.78 is 1.81. The molecule has 9 nitrogen and oxygen atoms in total. The van der Waals surface area contributed by atoms with Crippen molar-refractivity contribution in [1.82, 2.24) is 25.0 Å². The van der Waals surface area contributed by atoms with E-state index >= 15 is 0 Å². The molecule has 0 atom stereocenters. The lowest BCUT2D eigenvalue weighted by molar-refractivity contribution is 0.0882. The van der Waals surface area contributed by atoms with Crippen LogP contribution in [0.25, 0.3) is 27.3 Å². The van der Waals surface area contributed by atoms with Crippen LogP contribution in [0.15, 0.2) is 87.4 Å². The average Bonchev–Trinajstić information content (AvgIpc) is 2.89. The highest BCUT2D eigenvalue weighted by Crippen LogP contribution is 2.17. The number of aliphatic imine (C=N–C) groups is 1. The van der Waals surface area contributed by atoms with Crippen LogP contribution >= 0.6 is 23.8 Å². The van der Waals surface area contributed by atoms with E-state index in [4.69, 9.17) is 23.8 Å². The number of hydrogen-bond acceptors (Lipinski definition) is 6. The second-order valence-electron chi connectivity index (χ2n) is 7.69. The van der Waals surface area contributed by atoms with E-state index in [9.17, 15) is 14.4 Å². The van der Waals surface area contributed by atoms with Gasteiger partial charge < -0.3 is 0 Å². The normalized spacial score (nSPS) is 11.5. The van der Waals surface area contributed by atoms with Gasteiger partial charge in [0.05, 0.1) is 22.8 Å². The van der Waals surface area contributed by atoms with E-state index in [2.05, 4.69) is 20.8 Å². The first-order valence-corrected chi connectivity index (χ1v) is 11.5. The molecule has 0 aliphatic rings. The van der Waals surface area contributed by atoms with Crippen molar-refractivity contribution < 1.29 is 4.79 Å². The number of nitrogens with one attached hydrogen (secondary N) is 2. The highest BCUT2D eigenvalue weighted by Gasteiger charge is 2.19. The van der Waals surface area contributed by atoms with Crippen LogP contribution in [0.5, 0.6) is 0 Å². The smallest absolute Gasteiger partial charge is 0.281 e. The van der Waals surface area contributed by atoms with Gasteiger partial charge in [0, 0.05) is 22.2 Å². The molecule has 2 N–H and O–H groups in total. The Morgan fingerprint density at radius 1 is 0.944 bits per heavy atom. The predicted molar refractivity (Wildman–Crippen MR) is 144 cm³/mol. The summed E-state index contributed by atoms with van der Waals surface area (Å²) in [5, 5.41) is 1.58. The maximum absolute atomic E-state index is 13.4. The lowest BCUT2D eigenvalue weighted by atomic mass is 10.2. The van der Waals surface area contributed by atoms with Crippen molar-refractivity contribution in [2.24, 2.45) is 4.99 Å². The van der Waals surface area contributed by atoms with Gasteiger partial charge in [0.25, 0.3) is 17.0 Å². The van der Waals surface area contributed by atoms with E-state index in [0.29, 0.717) is 21.5 Å². The molecule has 0 amide bonds. The van der Waals surface area contributed by atoms with E-state index in [1.54, 1.807) is 66.7 Å². The summed E-state index contributed by atoms with van der Waals surface area (Å²) in [6.07, 6.45) is 1.48. The molecular weight excluding hydrogens is 500 g/mol. The number of aromatic nitrogens is 3. The van der Waals surface area contributed by atoms with Gasteiger partial charge in [0.15, 0.2) is 5.65 Å². The van der Waals surface area contributed by atoms with E-state index in [-0.39, 0.29) is 28.1 Å². The zero-order valence-electron chi connectivity index (χ0n) is 18.5. The summed E-state index contributed by atoms with van der Waals surface area (Å²) in [5.41, 5.74) is 5.45. The van der Waals surface area contributed by atoms with Crippen LogP contribution in [0, 0.1) is 0 Å². The Hall–Kier alpha value is -4.25. The van der Waals surface area contributed by atoms with Crippen molar-refractivity contribution in [3.63, 3.8) is 0 Å². The fraction of sp³-hybridized carbons (Fsp3) is 0.0400. The SMILES string of the molecule is O=C(CNNC(=S)/N=C/c1ccccc1Cl)n1c(=O)c2ccccc2c2nc3ccccc3c(=O)n21. The highest BCUT2D eigenvalue weighted by molar-refractivity contribution is 7.80. The quantitative estimate of drug-likeness (QED) is 0.124. The molecule has 178 valence electrons. The number of nitrogens with zero attached hydrogens (tertiary/aromatic N) is 4. The summed E-state index contributed by atoms with van der Waals surface area (Å²) >= 11 is 11.2. The zero-order chi connectivity index (χ0) is 25.2. The molecule has 5 rings (SSSR count). The minimum atomic E-state index is -0.694. The number of fused-ring (bicyclic) bond motifs is 4. The van der Waals surface area contributed by atoms with E-state index in [0.717, 1.165) is 9.20 Å². The van der Waals surface area contributed by atoms with Crippen molar-refractivity contribution >= 4 is 68.4 Å². The van der Waals surface area contributed by atoms with Crippen LogP contribution in [0.2, 0.25) is 5.02 Å². The highest BCUT2D eigenvalue weighted by atomic mass is 35.5. The first-order chi connectivity index (χ1) is 17.5. The molecule has 0 saturated heterocycles. The molecule has 0 bridgehead atoms. The van der Waals surface area contributed by atoms with Gasteiger partial charge in [0.1, 0.15) is 0 Å². The Kier molecular flexibility index (Phi) is 6.38. The minimum Gasteiger partial charge on any atom is -0.296 e. The van der Waals surface area contributed by atoms with Crippen molar-refractivity contribution in [2.45, 2.75) is 0 Å². The molecule has 36 heavy (non-hydrogen) atoms. The number of para-hydroxylation sites is 1. The Morgan fingerprint density at radius 2 is 1.61 bits per heavy atom. The van der Waals surface area contributed by atoms with Crippen LogP contribution in [0.1, 0.15) is 10.4 Å². The third-order valence-corrected chi connectivity index (χ3v) is 5.99. The number of hydrazine groups is 1. The van der Waals surface area contributed by atoms with Crippen molar-refractivity contribution in [3.05, 3.63) is 104 Å². The molecule has 3 aromatic carbocycles. The number of rotatable bonds is 4. The molecule has 0 aliphatic carbocycles.